The van der Waals surface area contributed by atoms with Crippen LogP contribution in [0.25, 0.3) is 0 Å². The van der Waals surface area contributed by atoms with E-state index in [1.807, 2.05) is 13.8 Å². The summed E-state index contributed by atoms with van der Waals surface area (Å²) in [4.78, 5) is 11.5. The zero-order chi connectivity index (χ0) is 13.9. The number of benzene rings is 1. The summed E-state index contributed by atoms with van der Waals surface area (Å²) in [7, 11) is 0. The Hall–Kier alpha value is -1.42. The first kappa shape index (κ1) is 14.6. The summed E-state index contributed by atoms with van der Waals surface area (Å²) < 4.78 is 13.6. The third kappa shape index (κ3) is 2.88. The minimum Gasteiger partial charge on any atom is -0.480 e. The Balaban J connectivity index is 3.18. The fourth-order valence-electron chi connectivity index (χ4n) is 1.77. The highest BCUT2D eigenvalue weighted by Gasteiger charge is 2.36. The van der Waals surface area contributed by atoms with Crippen molar-refractivity contribution in [3.8, 4) is 0 Å². The zero-order valence-corrected chi connectivity index (χ0v) is 11.2. The average molecular weight is 253 g/mol. The van der Waals surface area contributed by atoms with Gasteiger partial charge >= 0.3 is 5.97 Å². The zero-order valence-electron chi connectivity index (χ0n) is 11.2. The Kier molecular flexibility index (Phi) is 4.46. The first-order chi connectivity index (χ1) is 8.31. The second kappa shape index (κ2) is 5.48. The summed E-state index contributed by atoms with van der Waals surface area (Å²) in [6, 6.07) is 4.58. The van der Waals surface area contributed by atoms with Gasteiger partial charge < -0.3 is 5.11 Å². The van der Waals surface area contributed by atoms with E-state index in [-0.39, 0.29) is 11.9 Å². The van der Waals surface area contributed by atoms with Crippen LogP contribution < -0.4 is 5.32 Å². The molecule has 1 rings (SSSR count). The largest absolute Gasteiger partial charge is 0.480 e. The lowest BCUT2D eigenvalue weighted by Crippen LogP contribution is -2.50. The van der Waals surface area contributed by atoms with E-state index in [4.69, 9.17) is 0 Å². The Morgan fingerprint density at radius 2 is 2.17 bits per heavy atom. The molecule has 0 fully saturated rings. The highest BCUT2D eigenvalue weighted by Crippen LogP contribution is 2.24. The van der Waals surface area contributed by atoms with Gasteiger partial charge in [-0.25, -0.2) is 9.18 Å². The van der Waals surface area contributed by atoms with Crippen molar-refractivity contribution in [1.82, 2.24) is 5.32 Å². The van der Waals surface area contributed by atoms with Crippen LogP contribution in [0.3, 0.4) is 0 Å². The summed E-state index contributed by atoms with van der Waals surface area (Å²) in [5.74, 6) is -1.39. The molecule has 0 heterocycles. The maximum Gasteiger partial charge on any atom is 0.328 e. The van der Waals surface area contributed by atoms with E-state index in [1.165, 1.54) is 6.07 Å². The SMILES string of the molecule is CCC(C)NC(C)(C(=O)O)c1ccc(C)c(F)c1. The van der Waals surface area contributed by atoms with Crippen LogP contribution in [-0.4, -0.2) is 17.1 Å². The van der Waals surface area contributed by atoms with Crippen molar-refractivity contribution >= 4 is 5.97 Å². The van der Waals surface area contributed by atoms with Crippen LogP contribution in [-0.2, 0) is 10.3 Å². The van der Waals surface area contributed by atoms with Crippen molar-refractivity contribution in [2.45, 2.75) is 45.7 Å². The molecular weight excluding hydrogens is 233 g/mol. The molecule has 0 saturated carbocycles. The summed E-state index contributed by atoms with van der Waals surface area (Å²) in [5, 5.41) is 12.4. The smallest absolute Gasteiger partial charge is 0.328 e. The molecule has 4 heteroatoms. The average Bonchev–Trinajstić information content (AvgIpc) is 2.31. The number of aliphatic carboxylic acids is 1. The topological polar surface area (TPSA) is 49.3 Å². The Bertz CT molecular complexity index is 447. The van der Waals surface area contributed by atoms with Crippen LogP contribution in [0, 0.1) is 12.7 Å². The second-order valence-electron chi connectivity index (χ2n) is 4.85. The van der Waals surface area contributed by atoms with E-state index in [0.717, 1.165) is 6.42 Å². The van der Waals surface area contributed by atoms with Crippen LogP contribution in [0.4, 0.5) is 4.39 Å². The number of hydrogen-bond donors (Lipinski definition) is 2. The fraction of sp³-hybridized carbons (Fsp3) is 0.500. The molecule has 0 bridgehead atoms. The number of nitrogens with one attached hydrogen (secondary N) is 1. The van der Waals surface area contributed by atoms with Crippen LogP contribution in [0.5, 0.6) is 0 Å². The summed E-state index contributed by atoms with van der Waals surface area (Å²) in [6.07, 6.45) is 0.803. The molecule has 0 aromatic heterocycles. The number of rotatable bonds is 5. The molecule has 0 amide bonds. The van der Waals surface area contributed by atoms with E-state index in [9.17, 15) is 14.3 Å². The van der Waals surface area contributed by atoms with Gasteiger partial charge in [-0.2, -0.15) is 0 Å². The Morgan fingerprint density at radius 3 is 2.61 bits per heavy atom. The maximum atomic E-state index is 13.6. The van der Waals surface area contributed by atoms with Gasteiger partial charge in [-0.1, -0.05) is 19.1 Å². The molecule has 0 saturated heterocycles. The normalized spacial score (nSPS) is 16.1. The lowest BCUT2D eigenvalue weighted by Gasteiger charge is -2.30. The third-order valence-corrected chi connectivity index (χ3v) is 3.32. The van der Waals surface area contributed by atoms with E-state index >= 15 is 0 Å². The van der Waals surface area contributed by atoms with E-state index < -0.39 is 11.5 Å². The van der Waals surface area contributed by atoms with Gasteiger partial charge in [0.1, 0.15) is 11.4 Å². The first-order valence-electron chi connectivity index (χ1n) is 6.09. The molecule has 18 heavy (non-hydrogen) atoms. The molecule has 3 nitrogen and oxygen atoms in total. The van der Waals surface area contributed by atoms with Crippen LogP contribution in [0.15, 0.2) is 18.2 Å². The van der Waals surface area contributed by atoms with Crippen molar-refractivity contribution < 1.29 is 14.3 Å². The van der Waals surface area contributed by atoms with Gasteiger partial charge in [0.2, 0.25) is 0 Å². The van der Waals surface area contributed by atoms with Crippen molar-refractivity contribution in [2.24, 2.45) is 0 Å². The van der Waals surface area contributed by atoms with Crippen molar-refractivity contribution in [3.05, 3.63) is 35.1 Å². The molecule has 0 aliphatic heterocycles. The molecule has 0 radical (unpaired) electrons. The summed E-state index contributed by atoms with van der Waals surface area (Å²) in [6.45, 7) is 7.09. The maximum absolute atomic E-state index is 13.6. The van der Waals surface area contributed by atoms with Crippen LogP contribution in [0.2, 0.25) is 0 Å². The van der Waals surface area contributed by atoms with Gasteiger partial charge in [-0.3, -0.25) is 5.32 Å². The quantitative estimate of drug-likeness (QED) is 0.848. The van der Waals surface area contributed by atoms with Crippen molar-refractivity contribution in [3.63, 3.8) is 0 Å². The van der Waals surface area contributed by atoms with Crippen LogP contribution in [0.1, 0.15) is 38.3 Å². The van der Waals surface area contributed by atoms with Gasteiger partial charge in [0, 0.05) is 6.04 Å². The highest BCUT2D eigenvalue weighted by atomic mass is 19.1. The molecule has 1 aromatic rings. The molecular formula is C14H20FNO2. The molecule has 0 aliphatic rings. The second-order valence-corrected chi connectivity index (χ2v) is 4.85. The standard InChI is InChI=1S/C14H20FNO2/c1-5-10(3)16-14(4,13(17)18)11-7-6-9(2)12(15)8-11/h6-8,10,16H,5H2,1-4H3,(H,17,18). The van der Waals surface area contributed by atoms with Crippen LogP contribution >= 0.6 is 0 Å². The molecule has 1 aromatic carbocycles. The third-order valence-electron chi connectivity index (χ3n) is 3.32. The van der Waals surface area contributed by atoms with Crippen molar-refractivity contribution in [1.29, 1.82) is 0 Å². The number of aryl methyl sites for hydroxylation is 1. The van der Waals surface area contributed by atoms with Gasteiger partial charge in [-0.05, 0) is 44.4 Å². The lowest BCUT2D eigenvalue weighted by atomic mass is 9.90. The van der Waals surface area contributed by atoms with E-state index in [0.29, 0.717) is 11.1 Å². The number of carbonyl (C=O) groups is 1. The number of hydrogen-bond acceptors (Lipinski definition) is 2. The minimum atomic E-state index is -1.27. The molecule has 0 aliphatic carbocycles. The predicted molar refractivity (Wildman–Crippen MR) is 69.0 cm³/mol. The van der Waals surface area contributed by atoms with Gasteiger partial charge in [-0.15, -0.1) is 0 Å². The van der Waals surface area contributed by atoms with Gasteiger partial charge in [0.25, 0.3) is 0 Å². The lowest BCUT2D eigenvalue weighted by molar-refractivity contribution is -0.145. The number of carboxylic acids is 1. The molecule has 2 unspecified atom stereocenters. The Labute approximate surface area is 107 Å². The predicted octanol–water partition coefficient (Wildman–Crippen LogP) is 2.82. The first-order valence-corrected chi connectivity index (χ1v) is 6.09. The van der Waals surface area contributed by atoms with E-state index in [2.05, 4.69) is 5.32 Å². The molecule has 100 valence electrons. The van der Waals surface area contributed by atoms with Gasteiger partial charge in [0.05, 0.1) is 0 Å². The number of carboxylic acid groups (broad SMARTS) is 1. The molecule has 2 N–H and O–H groups in total. The van der Waals surface area contributed by atoms with Crippen molar-refractivity contribution in [2.75, 3.05) is 0 Å². The highest BCUT2D eigenvalue weighted by molar-refractivity contribution is 5.80. The number of halogens is 1. The Morgan fingerprint density at radius 1 is 1.56 bits per heavy atom. The molecule has 2 atom stereocenters. The summed E-state index contributed by atoms with van der Waals surface area (Å²) in [5.41, 5.74) is -0.335. The van der Waals surface area contributed by atoms with Gasteiger partial charge in [0.15, 0.2) is 0 Å². The molecule has 0 spiro atoms. The summed E-state index contributed by atoms with van der Waals surface area (Å²) >= 11 is 0. The fourth-order valence-corrected chi connectivity index (χ4v) is 1.77. The monoisotopic (exact) mass is 253 g/mol. The van der Waals surface area contributed by atoms with E-state index in [1.54, 1.807) is 26.0 Å². The minimum absolute atomic E-state index is 0.0375.